The lowest BCUT2D eigenvalue weighted by molar-refractivity contribution is 0.112. The molecule has 0 N–H and O–H groups in total. The Balaban J connectivity index is 1.73. The fourth-order valence-electron chi connectivity index (χ4n) is 3.50. The van der Waals surface area contributed by atoms with Gasteiger partial charge in [0.15, 0.2) is 0 Å². The summed E-state index contributed by atoms with van der Waals surface area (Å²) in [6, 6.07) is 5.62. The summed E-state index contributed by atoms with van der Waals surface area (Å²) in [6.45, 7) is 9.34. The van der Waals surface area contributed by atoms with Gasteiger partial charge in [0, 0.05) is 31.4 Å². The molecule has 0 saturated carbocycles. The number of rotatable bonds is 3. The van der Waals surface area contributed by atoms with Gasteiger partial charge in [0.2, 0.25) is 0 Å². The van der Waals surface area contributed by atoms with Crippen molar-refractivity contribution in [1.82, 2.24) is 9.88 Å². The topological polar surface area (TPSA) is 28.6 Å². The van der Waals surface area contributed by atoms with Gasteiger partial charge in [-0.25, -0.2) is 4.98 Å². The fraction of sp³-hybridized carbons (Fsp3) is 0.706. The van der Waals surface area contributed by atoms with Gasteiger partial charge in [-0.2, -0.15) is 0 Å². The molecule has 1 aromatic heterocycles. The molecule has 3 heterocycles. The minimum Gasteiger partial charge on any atom is -0.378 e. The van der Waals surface area contributed by atoms with E-state index in [1.807, 2.05) is 0 Å². The molecular weight excluding hydrogens is 262 g/mol. The number of morpholine rings is 1. The third kappa shape index (κ3) is 3.38. The summed E-state index contributed by atoms with van der Waals surface area (Å²) in [5, 5.41) is 0. The average Bonchev–Trinajstić information content (AvgIpc) is 2.56. The zero-order chi connectivity index (χ0) is 14.7. The van der Waals surface area contributed by atoms with Gasteiger partial charge in [-0.3, -0.25) is 4.90 Å². The molecule has 0 spiro atoms. The van der Waals surface area contributed by atoms with Crippen LogP contribution >= 0.6 is 0 Å². The van der Waals surface area contributed by atoms with E-state index in [0.717, 1.165) is 32.1 Å². The highest BCUT2D eigenvalue weighted by Gasteiger charge is 2.26. The number of hydrogen-bond donors (Lipinski definition) is 0. The van der Waals surface area contributed by atoms with Crippen molar-refractivity contribution in [2.45, 2.75) is 45.2 Å². The highest BCUT2D eigenvalue weighted by Crippen LogP contribution is 2.32. The molecule has 2 saturated heterocycles. The number of ether oxygens (including phenoxy) is 1. The zero-order valence-corrected chi connectivity index (χ0v) is 13.3. The van der Waals surface area contributed by atoms with Crippen LogP contribution in [0.25, 0.3) is 0 Å². The molecule has 0 bridgehead atoms. The second-order valence-corrected chi connectivity index (χ2v) is 6.39. The lowest BCUT2D eigenvalue weighted by Gasteiger charge is -2.39. The number of nitrogens with zero attached hydrogens (tertiary/aromatic N) is 3. The van der Waals surface area contributed by atoms with Crippen LogP contribution in [0.5, 0.6) is 0 Å². The van der Waals surface area contributed by atoms with Crippen molar-refractivity contribution in [3.05, 3.63) is 23.9 Å². The Labute approximate surface area is 128 Å². The Hall–Kier alpha value is -1.13. The molecule has 0 radical (unpaired) electrons. The number of piperidine rings is 1. The van der Waals surface area contributed by atoms with Gasteiger partial charge >= 0.3 is 0 Å². The molecule has 0 aromatic carbocycles. The van der Waals surface area contributed by atoms with Gasteiger partial charge in [0.1, 0.15) is 5.82 Å². The van der Waals surface area contributed by atoms with Crippen molar-refractivity contribution in [3.8, 4) is 0 Å². The molecule has 21 heavy (non-hydrogen) atoms. The van der Waals surface area contributed by atoms with Crippen LogP contribution in [0.4, 0.5) is 5.82 Å². The van der Waals surface area contributed by atoms with Crippen molar-refractivity contribution in [3.63, 3.8) is 0 Å². The van der Waals surface area contributed by atoms with E-state index in [1.54, 1.807) is 0 Å². The highest BCUT2D eigenvalue weighted by molar-refractivity contribution is 5.40. The second-order valence-electron chi connectivity index (χ2n) is 6.39. The Morgan fingerprint density at radius 1 is 1.14 bits per heavy atom. The van der Waals surface area contributed by atoms with Crippen LogP contribution in [-0.4, -0.2) is 48.8 Å². The molecule has 1 aromatic rings. The molecule has 3 rings (SSSR count). The molecule has 2 aliphatic rings. The summed E-state index contributed by atoms with van der Waals surface area (Å²) >= 11 is 0. The van der Waals surface area contributed by atoms with E-state index in [0.29, 0.717) is 12.1 Å². The van der Waals surface area contributed by atoms with Crippen LogP contribution in [0.3, 0.4) is 0 Å². The van der Waals surface area contributed by atoms with E-state index in [-0.39, 0.29) is 0 Å². The predicted molar refractivity (Wildman–Crippen MR) is 85.7 cm³/mol. The molecule has 116 valence electrons. The summed E-state index contributed by atoms with van der Waals surface area (Å²) < 4.78 is 5.40. The van der Waals surface area contributed by atoms with Crippen molar-refractivity contribution in [2.24, 2.45) is 0 Å². The van der Waals surface area contributed by atoms with Crippen LogP contribution in [0.2, 0.25) is 0 Å². The maximum Gasteiger partial charge on any atom is 0.128 e. The Morgan fingerprint density at radius 2 is 1.95 bits per heavy atom. The molecule has 0 unspecified atom stereocenters. The summed E-state index contributed by atoms with van der Waals surface area (Å²) in [5.41, 5.74) is 1.38. The Morgan fingerprint density at radius 3 is 2.62 bits per heavy atom. The van der Waals surface area contributed by atoms with Crippen LogP contribution in [0, 0.1) is 0 Å². The number of likely N-dealkylation sites (tertiary alicyclic amines) is 1. The Kier molecular flexibility index (Phi) is 4.76. The van der Waals surface area contributed by atoms with Crippen molar-refractivity contribution in [2.75, 3.05) is 37.7 Å². The van der Waals surface area contributed by atoms with Gasteiger partial charge in [-0.1, -0.05) is 12.5 Å². The van der Waals surface area contributed by atoms with E-state index in [2.05, 4.69) is 42.0 Å². The van der Waals surface area contributed by atoms with Crippen LogP contribution < -0.4 is 4.90 Å². The average molecular weight is 289 g/mol. The molecule has 2 aliphatic heterocycles. The fourth-order valence-corrected chi connectivity index (χ4v) is 3.50. The first-order valence-corrected chi connectivity index (χ1v) is 8.30. The second kappa shape index (κ2) is 6.75. The van der Waals surface area contributed by atoms with E-state index in [1.165, 1.54) is 31.4 Å². The number of pyridine rings is 1. The monoisotopic (exact) mass is 289 g/mol. The minimum absolute atomic E-state index is 0.546. The summed E-state index contributed by atoms with van der Waals surface area (Å²) in [7, 11) is 0. The normalized spacial score (nSPS) is 24.5. The molecule has 4 heteroatoms. The maximum absolute atomic E-state index is 5.40. The number of aromatic nitrogens is 1. The minimum atomic E-state index is 0.546. The first kappa shape index (κ1) is 14.8. The molecule has 0 aliphatic carbocycles. The number of hydrogen-bond acceptors (Lipinski definition) is 4. The van der Waals surface area contributed by atoms with Crippen LogP contribution in [-0.2, 0) is 4.74 Å². The summed E-state index contributed by atoms with van der Waals surface area (Å²) in [4.78, 5) is 9.65. The van der Waals surface area contributed by atoms with Gasteiger partial charge in [-0.15, -0.1) is 0 Å². The van der Waals surface area contributed by atoms with E-state index < -0.39 is 0 Å². The smallest absolute Gasteiger partial charge is 0.128 e. The molecule has 2 fully saturated rings. The summed E-state index contributed by atoms with van der Waals surface area (Å²) in [6.07, 6.45) is 6.01. The van der Waals surface area contributed by atoms with Gasteiger partial charge in [-0.05, 0) is 44.9 Å². The van der Waals surface area contributed by atoms with Crippen LogP contribution in [0.1, 0.15) is 44.7 Å². The van der Waals surface area contributed by atoms with Gasteiger partial charge in [0.05, 0.1) is 13.2 Å². The Bertz CT molecular complexity index is 440. The number of anilines is 1. The van der Waals surface area contributed by atoms with Crippen LogP contribution in [0.15, 0.2) is 18.3 Å². The largest absolute Gasteiger partial charge is 0.378 e. The first-order chi connectivity index (χ1) is 10.3. The van der Waals surface area contributed by atoms with Gasteiger partial charge in [0.25, 0.3) is 0 Å². The quantitative estimate of drug-likeness (QED) is 0.855. The predicted octanol–water partition coefficient (Wildman–Crippen LogP) is 2.85. The lowest BCUT2D eigenvalue weighted by Crippen LogP contribution is -2.39. The maximum atomic E-state index is 5.40. The molecule has 4 nitrogen and oxygen atoms in total. The van der Waals surface area contributed by atoms with Crippen molar-refractivity contribution < 1.29 is 4.74 Å². The standard InChI is InChI=1S/C17H27N3O/c1-14(2)20-8-4-3-5-16(20)15-6-7-17(18-13-15)19-9-11-21-12-10-19/h6-7,13-14,16H,3-5,8-12H2,1-2H3/t16-/m1/s1. The zero-order valence-electron chi connectivity index (χ0n) is 13.3. The van der Waals surface area contributed by atoms with E-state index in [4.69, 9.17) is 9.72 Å². The molecule has 1 atom stereocenters. The lowest BCUT2D eigenvalue weighted by atomic mass is 9.95. The highest BCUT2D eigenvalue weighted by atomic mass is 16.5. The van der Waals surface area contributed by atoms with Crippen molar-refractivity contribution >= 4 is 5.82 Å². The van der Waals surface area contributed by atoms with E-state index >= 15 is 0 Å². The molecule has 0 amide bonds. The first-order valence-electron chi connectivity index (χ1n) is 8.30. The van der Waals surface area contributed by atoms with Gasteiger partial charge < -0.3 is 9.64 Å². The van der Waals surface area contributed by atoms with Crippen molar-refractivity contribution in [1.29, 1.82) is 0 Å². The summed E-state index contributed by atoms with van der Waals surface area (Å²) in [5.74, 6) is 1.09. The third-order valence-corrected chi connectivity index (χ3v) is 4.70. The van der Waals surface area contributed by atoms with E-state index in [9.17, 15) is 0 Å². The SMILES string of the molecule is CC(C)N1CCCC[C@@H]1c1ccc(N2CCOCC2)nc1. The molecular formula is C17H27N3O. The third-order valence-electron chi connectivity index (χ3n) is 4.70.